The van der Waals surface area contributed by atoms with Crippen LogP contribution in [0.15, 0.2) is 36.5 Å². The molecule has 2 aromatic rings. The van der Waals surface area contributed by atoms with Crippen molar-refractivity contribution in [3.63, 3.8) is 0 Å². The van der Waals surface area contributed by atoms with Gasteiger partial charge in [0.15, 0.2) is 5.75 Å². The largest absolute Gasteiger partial charge is 0.489 e. The van der Waals surface area contributed by atoms with E-state index < -0.39 is 68.7 Å². The molecule has 16 heteroatoms. The van der Waals surface area contributed by atoms with Crippen molar-refractivity contribution in [3.05, 3.63) is 36.5 Å². The van der Waals surface area contributed by atoms with Gasteiger partial charge in [0.1, 0.15) is 36.4 Å². The maximum Gasteiger partial charge on any atom is 0.408 e. The Balaban J connectivity index is 1.04. The summed E-state index contributed by atoms with van der Waals surface area (Å²) in [7, 11) is -1.89. The number of likely N-dealkylation sites (N-methyl/N-ethyl adjacent to an activating group) is 1. The van der Waals surface area contributed by atoms with Crippen LogP contribution in [-0.4, -0.2) is 104 Å². The first-order chi connectivity index (χ1) is 28.3. The third-order valence-electron chi connectivity index (χ3n) is 13.9. The van der Waals surface area contributed by atoms with E-state index in [0.29, 0.717) is 61.8 Å². The van der Waals surface area contributed by atoms with Crippen LogP contribution < -0.4 is 29.7 Å². The summed E-state index contributed by atoms with van der Waals surface area (Å²) in [6.07, 6.45) is 10.8. The summed E-state index contributed by atoms with van der Waals surface area (Å²) in [4.78, 5) is 65.5. The Morgan fingerprint density at radius 2 is 1.83 bits per heavy atom. The Labute approximate surface area is 345 Å². The molecule has 0 radical (unpaired) electrons. The van der Waals surface area contributed by atoms with Crippen molar-refractivity contribution in [1.82, 2.24) is 25.2 Å². The molecular formula is C43H56N6O9S. The van der Waals surface area contributed by atoms with Gasteiger partial charge in [0.05, 0.1) is 24.0 Å². The summed E-state index contributed by atoms with van der Waals surface area (Å²) in [5.74, 6) is -0.0630. The van der Waals surface area contributed by atoms with Crippen molar-refractivity contribution >= 4 is 50.3 Å². The van der Waals surface area contributed by atoms with E-state index in [0.717, 1.165) is 42.6 Å². The molecule has 5 fully saturated rings. The zero-order valence-corrected chi connectivity index (χ0v) is 34.9. The summed E-state index contributed by atoms with van der Waals surface area (Å²) in [6, 6.07) is 3.67. The molecule has 0 unspecified atom stereocenters. The number of fused-ring (bicyclic) bond motifs is 6. The average Bonchev–Trinajstić information content (AvgIpc) is 4.17. The van der Waals surface area contributed by atoms with E-state index in [1.807, 2.05) is 44.3 Å². The molecule has 4 heterocycles. The molecule has 1 saturated heterocycles. The van der Waals surface area contributed by atoms with Crippen LogP contribution in [0, 0.1) is 29.6 Å². The number of hydrogen-bond acceptors (Lipinski definition) is 11. The van der Waals surface area contributed by atoms with Crippen molar-refractivity contribution in [2.45, 2.75) is 120 Å². The van der Waals surface area contributed by atoms with Gasteiger partial charge >= 0.3 is 6.09 Å². The van der Waals surface area contributed by atoms with Crippen LogP contribution in [-0.2, 0) is 29.1 Å². The molecule has 10 atom stereocenters. The molecule has 15 nitrogen and oxygen atoms in total. The summed E-state index contributed by atoms with van der Waals surface area (Å²) >= 11 is 0. The lowest BCUT2D eigenvalue weighted by atomic mass is 9.85. The van der Waals surface area contributed by atoms with Crippen molar-refractivity contribution in [1.29, 1.82) is 0 Å². The molecule has 3 aliphatic heterocycles. The number of hydrogen-bond donors (Lipinski definition) is 3. The van der Waals surface area contributed by atoms with Crippen molar-refractivity contribution in [3.8, 4) is 11.6 Å². The summed E-state index contributed by atoms with van der Waals surface area (Å²) in [5.41, 5.74) is -0.555. The van der Waals surface area contributed by atoms with Gasteiger partial charge in [0.25, 0.3) is 5.91 Å². The van der Waals surface area contributed by atoms with E-state index in [1.165, 1.54) is 11.3 Å². The predicted molar refractivity (Wildman–Crippen MR) is 218 cm³/mol. The number of anilines is 1. The van der Waals surface area contributed by atoms with E-state index in [4.69, 9.17) is 14.2 Å². The minimum Gasteiger partial charge on any atom is -0.489 e. The number of aromatic nitrogens is 1. The monoisotopic (exact) mass is 832 g/mol. The first kappa shape index (κ1) is 39.8. The fourth-order valence-electron chi connectivity index (χ4n) is 10.1. The fraction of sp³-hybridized carbons (Fsp3) is 0.651. The van der Waals surface area contributed by atoms with Crippen LogP contribution in [0.1, 0.15) is 84.5 Å². The van der Waals surface area contributed by atoms with Gasteiger partial charge < -0.3 is 34.6 Å². The quantitative estimate of drug-likeness (QED) is 0.324. The Bertz CT molecular complexity index is 2150. The van der Waals surface area contributed by atoms with Crippen molar-refractivity contribution in [2.24, 2.45) is 29.6 Å². The van der Waals surface area contributed by atoms with E-state index in [-0.39, 0.29) is 37.3 Å². The predicted octanol–water partition coefficient (Wildman–Crippen LogP) is 4.19. The molecule has 9 rings (SSSR count). The second kappa shape index (κ2) is 15.5. The Hall–Kier alpha value is -4.60. The maximum absolute atomic E-state index is 15.1. The highest BCUT2D eigenvalue weighted by Crippen LogP contribution is 2.52. The third-order valence-corrected chi connectivity index (χ3v) is 15.7. The number of benzene rings is 1. The van der Waals surface area contributed by atoms with Crippen LogP contribution in [0.2, 0.25) is 0 Å². The Morgan fingerprint density at radius 3 is 2.59 bits per heavy atom. The number of sulfonamides is 1. The molecule has 3 N–H and O–H groups in total. The van der Waals surface area contributed by atoms with Gasteiger partial charge in [-0.3, -0.25) is 19.1 Å². The fourth-order valence-corrected chi connectivity index (χ4v) is 11.4. The zero-order valence-electron chi connectivity index (χ0n) is 34.1. The first-order valence-corrected chi connectivity index (χ1v) is 23.1. The number of alkyl carbamates (subject to hydrolysis) is 1. The van der Waals surface area contributed by atoms with E-state index in [9.17, 15) is 22.8 Å². The molecule has 7 aliphatic rings. The highest BCUT2D eigenvalue weighted by Gasteiger charge is 2.62. The van der Waals surface area contributed by atoms with Gasteiger partial charge in [-0.1, -0.05) is 32.4 Å². The summed E-state index contributed by atoms with van der Waals surface area (Å²) in [6.45, 7) is 5.42. The normalized spacial score (nSPS) is 34.7. The molecule has 1 aromatic carbocycles. The molecule has 4 saturated carbocycles. The average molecular weight is 833 g/mol. The molecule has 318 valence electrons. The minimum atomic E-state index is -3.90. The van der Waals surface area contributed by atoms with E-state index in [2.05, 4.69) is 32.2 Å². The smallest absolute Gasteiger partial charge is 0.408 e. The molecule has 4 amide bonds. The van der Waals surface area contributed by atoms with Crippen LogP contribution in [0.5, 0.6) is 11.6 Å². The van der Waals surface area contributed by atoms with E-state index >= 15 is 4.79 Å². The highest BCUT2D eigenvalue weighted by atomic mass is 32.2. The van der Waals surface area contributed by atoms with Crippen LogP contribution in [0.3, 0.4) is 0 Å². The second-order valence-corrected chi connectivity index (χ2v) is 20.2. The Morgan fingerprint density at radius 1 is 1.03 bits per heavy atom. The molecular weight excluding hydrogens is 777 g/mol. The lowest BCUT2D eigenvalue weighted by Crippen LogP contribution is -2.59. The number of nitrogens with one attached hydrogen (secondary N) is 3. The first-order valence-electron chi connectivity index (χ1n) is 21.6. The number of allylic oxidation sites excluding steroid dienone is 1. The molecule has 0 bridgehead atoms. The second-order valence-electron chi connectivity index (χ2n) is 18.2. The summed E-state index contributed by atoms with van der Waals surface area (Å²) in [5, 5.41) is 6.83. The molecule has 1 aromatic heterocycles. The SMILES string of the molecule is CC[C@@H]1C[C@H](C)CC/C=C\[C@@H]2C[C@@]2(C(=O)NS(=O)(=O)C2CC2)NC(=O)[C@@H]2C[C@@H](Oc3nccc4c5c(ccc34)N(C)CCO5)CN2C(=O)[C@H]1NC(=O)O[C@@H]1C[C@@H]2C[C@@H]2C1. The number of carbonyl (C=O) groups excluding carboxylic acids is 4. The van der Waals surface area contributed by atoms with Gasteiger partial charge in [0, 0.05) is 36.4 Å². The van der Waals surface area contributed by atoms with Gasteiger partial charge in [-0.15, -0.1) is 0 Å². The topological polar surface area (TPSA) is 186 Å². The minimum absolute atomic E-state index is 0.00293. The lowest BCUT2D eigenvalue weighted by Gasteiger charge is -2.34. The number of pyridine rings is 1. The maximum atomic E-state index is 15.1. The van der Waals surface area contributed by atoms with Crippen molar-refractivity contribution in [2.75, 3.05) is 31.6 Å². The Kier molecular flexibility index (Phi) is 10.4. The van der Waals surface area contributed by atoms with Gasteiger partial charge in [0.2, 0.25) is 27.7 Å². The molecule has 59 heavy (non-hydrogen) atoms. The highest BCUT2D eigenvalue weighted by molar-refractivity contribution is 7.91. The lowest BCUT2D eigenvalue weighted by molar-refractivity contribution is -0.142. The van der Waals surface area contributed by atoms with Crippen LogP contribution in [0.25, 0.3) is 10.8 Å². The zero-order chi connectivity index (χ0) is 41.2. The number of ether oxygens (including phenoxy) is 3. The van der Waals surface area contributed by atoms with Crippen LogP contribution in [0.4, 0.5) is 10.5 Å². The standard InChI is InChI=1S/C43H56N6O9S/c1-4-25-17-24(2)7-5-6-8-28-22-43(28,41(52)47-59(54,55)31-9-10-31)46-38(50)35-21-30(23-49(35)40(51)36(25)45-42(53)58-29-19-26-18-27(26)20-29)57-39-33-11-12-34-37(32(33)13-14-44-39)56-16-15-48(34)3/h6,8,11-14,24-31,35-36H,4-5,7,9-10,15-23H2,1-3H3,(H,45,53)(H,46,50)(H,47,52)/b8-6-/t24-,25-,26-,27+,28-,29+,30-,35+,36+,43-/m1/s1. The number of amides is 4. The molecule has 4 aliphatic carbocycles. The number of nitrogens with zero attached hydrogens (tertiary/aromatic N) is 3. The van der Waals surface area contributed by atoms with Crippen LogP contribution >= 0.6 is 0 Å². The third kappa shape index (κ3) is 7.93. The molecule has 0 spiro atoms. The number of carbonyl (C=O) groups is 4. The number of rotatable bonds is 8. The van der Waals surface area contributed by atoms with Gasteiger partial charge in [-0.2, -0.15) is 0 Å². The van der Waals surface area contributed by atoms with Gasteiger partial charge in [-0.05, 0) is 99.7 Å². The van der Waals surface area contributed by atoms with E-state index in [1.54, 1.807) is 6.20 Å². The van der Waals surface area contributed by atoms with Gasteiger partial charge in [-0.25, -0.2) is 18.2 Å². The van der Waals surface area contributed by atoms with Crippen molar-refractivity contribution < 1.29 is 41.8 Å². The summed E-state index contributed by atoms with van der Waals surface area (Å²) < 4.78 is 46.8.